The number of carboxylic acid groups (broad SMARTS) is 1. The molecule has 0 saturated heterocycles. The molecule has 0 aromatic heterocycles. The fourth-order valence-corrected chi connectivity index (χ4v) is 10.0. The summed E-state index contributed by atoms with van der Waals surface area (Å²) in [5, 5.41) is 9.24. The normalized spacial score (nSPS) is 16.5. The Morgan fingerprint density at radius 3 is 1.88 bits per heavy atom. The van der Waals surface area contributed by atoms with Gasteiger partial charge in [-0.3, -0.25) is 4.79 Å². The maximum atomic E-state index is 12.1. The van der Waals surface area contributed by atoms with Crippen LogP contribution in [0.5, 0.6) is 0 Å². The molecular weight excluding hydrogens is 954 g/mol. The van der Waals surface area contributed by atoms with Gasteiger partial charge >= 0.3 is 94.6 Å². The fraction of sp³-hybridized carbons (Fsp3) is 0.381. The maximum absolute atomic E-state index is 12.1. The van der Waals surface area contributed by atoms with Crippen LogP contribution >= 0.6 is 0 Å². The summed E-state index contributed by atoms with van der Waals surface area (Å²) in [6.45, 7) is 7.26. The van der Waals surface area contributed by atoms with Crippen molar-refractivity contribution in [2.75, 3.05) is 29.5 Å². The molecule has 2 aliphatic heterocycles. The predicted octanol–water partition coefficient (Wildman–Crippen LogP) is -4.13. The van der Waals surface area contributed by atoms with E-state index in [0.717, 1.165) is 23.3 Å². The number of unbranched alkanes of at least 4 members (excludes halogenated alkanes) is 1. The summed E-state index contributed by atoms with van der Waals surface area (Å²) in [5.74, 6) is -2.27. The van der Waals surface area contributed by atoms with Crippen molar-refractivity contribution in [2.45, 2.75) is 86.8 Å². The zero-order valence-electron chi connectivity index (χ0n) is 37.4. The average Bonchev–Trinajstić information content (AvgIpc) is 3.49. The first-order valence-corrected chi connectivity index (χ1v) is 25.5. The van der Waals surface area contributed by atoms with E-state index in [9.17, 15) is 61.8 Å². The average molecular weight is 1000 g/mol. The number of benzene rings is 3. The topological polar surface area (TPSA) is 272 Å². The summed E-state index contributed by atoms with van der Waals surface area (Å²) in [4.78, 5) is 12.1. The summed E-state index contributed by atoms with van der Waals surface area (Å²) < 4.78 is 144. The molecule has 0 atom stereocenters. The molecule has 336 valence electrons. The minimum absolute atomic E-state index is 0. The van der Waals surface area contributed by atoms with Crippen molar-refractivity contribution < 1.29 is 155 Å². The Morgan fingerprint density at radius 2 is 1.29 bits per heavy atom. The molecule has 0 amide bonds. The van der Waals surface area contributed by atoms with Crippen LogP contribution in [0.15, 0.2) is 100 Å². The van der Waals surface area contributed by atoms with Gasteiger partial charge < -0.3 is 28.2 Å². The van der Waals surface area contributed by atoms with E-state index < -0.39 is 78.6 Å². The van der Waals surface area contributed by atoms with Crippen LogP contribution in [0.4, 0.5) is 11.4 Å². The summed E-state index contributed by atoms with van der Waals surface area (Å²) in [7, 11) is -18.9. The monoisotopic (exact) mass is 1000 g/mol. The first-order chi connectivity index (χ1) is 28.6. The van der Waals surface area contributed by atoms with Crippen molar-refractivity contribution >= 4 is 69.1 Å². The van der Waals surface area contributed by atoms with Gasteiger partial charge in [0.25, 0.3) is 0 Å². The van der Waals surface area contributed by atoms with Gasteiger partial charge in [-0.05, 0) is 104 Å². The van der Waals surface area contributed by atoms with Crippen molar-refractivity contribution in [1.82, 2.24) is 0 Å². The number of fused-ring (bicyclic) bond motifs is 2. The third-order valence-corrected chi connectivity index (χ3v) is 14.4. The van der Waals surface area contributed by atoms with Crippen LogP contribution in [-0.4, -0.2) is 97.8 Å². The van der Waals surface area contributed by atoms with Crippen LogP contribution in [0, 0.1) is 0 Å². The second-order valence-corrected chi connectivity index (χ2v) is 22.0. The first-order valence-electron chi connectivity index (χ1n) is 19.5. The summed E-state index contributed by atoms with van der Waals surface area (Å²) >= 11 is 0. The molecule has 0 spiro atoms. The van der Waals surface area contributed by atoms with E-state index in [-0.39, 0.29) is 121 Å². The van der Waals surface area contributed by atoms with Crippen molar-refractivity contribution in [3.8, 4) is 0 Å². The van der Waals surface area contributed by atoms with E-state index in [2.05, 4.69) is 0 Å². The Bertz CT molecular complexity index is 2860. The van der Waals surface area contributed by atoms with Crippen molar-refractivity contribution in [2.24, 2.45) is 0 Å². The smallest absolute Gasteiger partial charge is 0.748 e. The maximum Gasteiger partial charge on any atom is 1.00 e. The first kappa shape index (κ1) is 59.6. The van der Waals surface area contributed by atoms with Gasteiger partial charge in [0, 0.05) is 65.4 Å². The number of aliphatic carboxylic acids is 1. The number of carbonyl (C=O) groups is 1. The largest absolute Gasteiger partial charge is 1.00 e. The molecule has 0 fully saturated rings. The SMILES string of the molecule is CC1(C)C(=CC=C(C=CC2=[N+](CCCS(=O)(=O)[O-])c3ccc(S(=O)(=O)[O-])cc3C2(C)C)c2ccccc2CCCCC(=O)O)N(CCCS(=O)(=O)[O-])c2ccc(S(=O)(=O)[O-])cc21.[Na+].[Na+].[Na+]. The molecule has 0 unspecified atom stereocenters. The van der Waals surface area contributed by atoms with Crippen LogP contribution < -0.4 is 93.6 Å². The Balaban J connectivity index is 0.00000484. The van der Waals surface area contributed by atoms with Gasteiger partial charge in [0.05, 0.1) is 35.4 Å². The Hall–Kier alpha value is -1.54. The van der Waals surface area contributed by atoms with E-state index >= 15 is 0 Å². The molecule has 16 nitrogen and oxygen atoms in total. The summed E-state index contributed by atoms with van der Waals surface area (Å²) in [6.07, 6.45) is 8.33. The molecule has 1 N–H and O–H groups in total. The van der Waals surface area contributed by atoms with E-state index in [0.29, 0.717) is 58.7 Å². The van der Waals surface area contributed by atoms with Gasteiger partial charge in [-0.2, -0.15) is 4.58 Å². The number of allylic oxidation sites excluding steroid dienone is 6. The van der Waals surface area contributed by atoms with Gasteiger partial charge in [0.1, 0.15) is 26.8 Å². The van der Waals surface area contributed by atoms with Crippen LogP contribution in [-0.2, 0) is 62.5 Å². The van der Waals surface area contributed by atoms with Gasteiger partial charge in [-0.1, -0.05) is 44.2 Å². The van der Waals surface area contributed by atoms with Gasteiger partial charge in [0.15, 0.2) is 5.71 Å². The van der Waals surface area contributed by atoms with E-state index in [4.69, 9.17) is 0 Å². The molecule has 3 aromatic carbocycles. The van der Waals surface area contributed by atoms with Crippen LogP contribution in [0.3, 0.4) is 0 Å². The molecule has 65 heavy (non-hydrogen) atoms. The van der Waals surface area contributed by atoms with Gasteiger partial charge in [-0.15, -0.1) is 0 Å². The molecule has 2 heterocycles. The van der Waals surface area contributed by atoms with E-state index in [1.807, 2.05) is 24.3 Å². The quantitative estimate of drug-likeness (QED) is 0.0393. The molecule has 2 aliphatic rings. The van der Waals surface area contributed by atoms with Crippen molar-refractivity contribution in [3.63, 3.8) is 0 Å². The molecule has 0 saturated carbocycles. The predicted molar refractivity (Wildman–Crippen MR) is 227 cm³/mol. The second-order valence-electron chi connectivity index (χ2n) is 16.2. The van der Waals surface area contributed by atoms with Crippen LogP contribution in [0.25, 0.3) is 5.57 Å². The third-order valence-electron chi connectivity index (χ3n) is 11.1. The van der Waals surface area contributed by atoms with Crippen molar-refractivity contribution in [1.29, 1.82) is 0 Å². The molecule has 0 aliphatic carbocycles. The minimum Gasteiger partial charge on any atom is -0.748 e. The molecule has 23 heteroatoms. The van der Waals surface area contributed by atoms with E-state index in [1.165, 1.54) is 24.3 Å². The number of carboxylic acids is 1. The molecule has 0 radical (unpaired) electrons. The molecule has 5 rings (SSSR count). The summed E-state index contributed by atoms with van der Waals surface area (Å²) in [5.41, 5.74) is 3.27. The summed E-state index contributed by atoms with van der Waals surface area (Å²) in [6, 6.07) is 15.2. The number of aryl methyl sites for hydroxylation is 1. The molecular formula is C42H47N2Na3O14S4. The van der Waals surface area contributed by atoms with E-state index in [1.54, 1.807) is 61.5 Å². The number of hydrogen-bond donors (Lipinski definition) is 1. The standard InChI is InChI=1S/C42H50N2O14S4.3Na/c1-41(2)34-27-31(61(53,54)55)17-19-36(34)43(23-9-25-59(47,48)49)38(41)21-15-30(33-13-7-5-11-29(33)12-6-8-14-40(45)46)16-22-39-42(3,4)35-28-32(62(56,57)58)18-20-37(35)44(39)24-10-26-60(50,51)52;;;/h5,7,11,13,15-22,27-28H,6,8-10,12,14,23-26H2,1-4H3,(H4-,45,46,47,48,49,50,51,52,53,54,55,56,57,58);;;/q;3*+1/p-3. The minimum atomic E-state index is -4.86. The Labute approximate surface area is 448 Å². The Morgan fingerprint density at radius 1 is 0.723 bits per heavy atom. The number of nitrogens with zero attached hydrogens (tertiary/aromatic N) is 2. The number of rotatable bonds is 19. The third kappa shape index (κ3) is 15.2. The number of hydrogen-bond acceptors (Lipinski definition) is 14. The van der Waals surface area contributed by atoms with Gasteiger partial charge in [-0.25, -0.2) is 33.7 Å². The second kappa shape index (κ2) is 23.4. The number of anilines is 1. The Kier molecular flexibility index (Phi) is 21.4. The fourth-order valence-electron chi connectivity index (χ4n) is 8.08. The van der Waals surface area contributed by atoms with Gasteiger partial charge in [0.2, 0.25) is 5.69 Å². The van der Waals surface area contributed by atoms with Crippen LogP contribution in [0.1, 0.15) is 82.1 Å². The zero-order valence-corrected chi connectivity index (χ0v) is 46.7. The molecule has 3 aromatic rings. The zero-order chi connectivity index (χ0) is 46.1. The van der Waals surface area contributed by atoms with Crippen molar-refractivity contribution in [3.05, 3.63) is 113 Å². The van der Waals surface area contributed by atoms with Crippen LogP contribution in [0.2, 0.25) is 0 Å². The molecule has 0 bridgehead atoms.